The van der Waals surface area contributed by atoms with Gasteiger partial charge in [0.2, 0.25) is 0 Å². The molecule has 0 bridgehead atoms. The van der Waals surface area contributed by atoms with Gasteiger partial charge in [0.25, 0.3) is 0 Å². The van der Waals surface area contributed by atoms with Crippen molar-refractivity contribution in [2.45, 2.75) is 83.8 Å². The fraction of sp³-hybridized carbons (Fsp3) is 1.00. The van der Waals surface area contributed by atoms with Crippen molar-refractivity contribution in [3.05, 3.63) is 0 Å². The highest BCUT2D eigenvalue weighted by Gasteiger charge is 2.40. The van der Waals surface area contributed by atoms with Gasteiger partial charge in [-0.05, 0) is 50.9 Å². The lowest BCUT2D eigenvalue weighted by Gasteiger charge is -2.19. The summed E-state index contributed by atoms with van der Waals surface area (Å²) in [5, 5.41) is 3.75. The molecule has 0 spiro atoms. The van der Waals surface area contributed by atoms with Crippen LogP contribution >= 0.6 is 0 Å². The second kappa shape index (κ2) is 8.26. The Morgan fingerprint density at radius 1 is 1.05 bits per heavy atom. The summed E-state index contributed by atoms with van der Waals surface area (Å²) in [6, 6.07) is 0.823. The molecule has 2 fully saturated rings. The Kier molecular flexibility index (Phi) is 6.66. The van der Waals surface area contributed by atoms with Gasteiger partial charge in [-0.25, -0.2) is 0 Å². The Labute approximate surface area is 119 Å². The van der Waals surface area contributed by atoms with E-state index in [0.717, 1.165) is 31.0 Å². The van der Waals surface area contributed by atoms with Gasteiger partial charge in [-0.1, -0.05) is 32.6 Å². The van der Waals surface area contributed by atoms with Crippen molar-refractivity contribution < 1.29 is 4.74 Å². The third-order valence-electron chi connectivity index (χ3n) is 4.61. The molecule has 1 N–H and O–H groups in total. The number of unbranched alkanes of at least 4 members (excludes halogenated alkanes) is 3. The highest BCUT2D eigenvalue weighted by Crippen LogP contribution is 2.44. The number of rotatable bonds is 12. The Morgan fingerprint density at radius 2 is 1.74 bits per heavy atom. The molecule has 2 saturated carbocycles. The first-order chi connectivity index (χ1) is 9.31. The first kappa shape index (κ1) is 15.3. The summed E-state index contributed by atoms with van der Waals surface area (Å²) in [6.07, 6.45) is 12.9. The van der Waals surface area contributed by atoms with E-state index in [1.807, 2.05) is 0 Å². The molecule has 0 radical (unpaired) electrons. The SMILES string of the molecule is CCCCCCC(C)OCCNC(C1CC1)C1CC1. The molecule has 2 heteroatoms. The van der Waals surface area contributed by atoms with Crippen LogP contribution in [0.25, 0.3) is 0 Å². The lowest BCUT2D eigenvalue weighted by atomic mass is 10.1. The second-order valence-corrected chi connectivity index (χ2v) is 6.69. The largest absolute Gasteiger partial charge is 0.377 e. The zero-order valence-corrected chi connectivity index (χ0v) is 13.0. The van der Waals surface area contributed by atoms with Crippen LogP contribution in [0.5, 0.6) is 0 Å². The van der Waals surface area contributed by atoms with E-state index < -0.39 is 0 Å². The molecule has 2 aliphatic rings. The number of nitrogens with one attached hydrogen (secondary N) is 1. The standard InChI is InChI=1S/C17H33NO/c1-3-4-5-6-7-14(2)19-13-12-18-17(15-8-9-15)16-10-11-16/h14-18H,3-13H2,1-2H3. The van der Waals surface area contributed by atoms with Crippen LogP contribution in [0.1, 0.15) is 71.6 Å². The van der Waals surface area contributed by atoms with Crippen LogP contribution in [-0.2, 0) is 4.74 Å². The molecule has 1 atom stereocenters. The van der Waals surface area contributed by atoms with E-state index in [1.165, 1.54) is 57.8 Å². The maximum absolute atomic E-state index is 5.91. The third-order valence-corrected chi connectivity index (χ3v) is 4.61. The van der Waals surface area contributed by atoms with Gasteiger partial charge in [0.05, 0.1) is 12.7 Å². The summed E-state index contributed by atoms with van der Waals surface area (Å²) in [7, 11) is 0. The van der Waals surface area contributed by atoms with Crippen molar-refractivity contribution in [2.24, 2.45) is 11.8 Å². The molecule has 19 heavy (non-hydrogen) atoms. The highest BCUT2D eigenvalue weighted by molar-refractivity contribution is 4.96. The van der Waals surface area contributed by atoms with Crippen LogP contribution in [0.2, 0.25) is 0 Å². The summed E-state index contributed by atoms with van der Waals surface area (Å²) < 4.78 is 5.91. The van der Waals surface area contributed by atoms with Gasteiger partial charge in [-0.15, -0.1) is 0 Å². The minimum absolute atomic E-state index is 0.443. The van der Waals surface area contributed by atoms with E-state index in [4.69, 9.17) is 4.74 Å². The van der Waals surface area contributed by atoms with E-state index in [1.54, 1.807) is 0 Å². The summed E-state index contributed by atoms with van der Waals surface area (Å²) in [4.78, 5) is 0. The minimum atomic E-state index is 0.443. The normalized spacial score (nSPS) is 21.0. The summed E-state index contributed by atoms with van der Waals surface area (Å²) in [5.74, 6) is 2.00. The first-order valence-corrected chi connectivity index (χ1v) is 8.66. The number of hydrogen-bond donors (Lipinski definition) is 1. The summed E-state index contributed by atoms with van der Waals surface area (Å²) in [5.41, 5.74) is 0. The fourth-order valence-electron chi connectivity index (χ4n) is 3.06. The van der Waals surface area contributed by atoms with Gasteiger partial charge < -0.3 is 10.1 Å². The number of hydrogen-bond acceptors (Lipinski definition) is 2. The minimum Gasteiger partial charge on any atom is -0.377 e. The Morgan fingerprint density at radius 3 is 2.32 bits per heavy atom. The zero-order chi connectivity index (χ0) is 13.5. The van der Waals surface area contributed by atoms with Crippen LogP contribution in [0.3, 0.4) is 0 Å². The lowest BCUT2D eigenvalue weighted by molar-refractivity contribution is 0.0584. The van der Waals surface area contributed by atoms with E-state index in [9.17, 15) is 0 Å². The molecule has 112 valence electrons. The monoisotopic (exact) mass is 267 g/mol. The van der Waals surface area contributed by atoms with Crippen molar-refractivity contribution >= 4 is 0 Å². The van der Waals surface area contributed by atoms with Crippen molar-refractivity contribution in [1.82, 2.24) is 5.32 Å². The molecule has 0 heterocycles. The van der Waals surface area contributed by atoms with Gasteiger partial charge in [0.1, 0.15) is 0 Å². The predicted molar refractivity (Wildman–Crippen MR) is 81.4 cm³/mol. The average molecular weight is 267 g/mol. The van der Waals surface area contributed by atoms with Crippen LogP contribution in [0.4, 0.5) is 0 Å². The maximum Gasteiger partial charge on any atom is 0.0594 e. The molecule has 0 saturated heterocycles. The number of ether oxygens (including phenoxy) is 1. The molecule has 0 aromatic rings. The van der Waals surface area contributed by atoms with Crippen molar-refractivity contribution in [2.75, 3.05) is 13.2 Å². The van der Waals surface area contributed by atoms with Crippen LogP contribution in [-0.4, -0.2) is 25.3 Å². The topological polar surface area (TPSA) is 21.3 Å². The Balaban J connectivity index is 1.44. The Hall–Kier alpha value is -0.0800. The summed E-state index contributed by atoms with van der Waals surface area (Å²) >= 11 is 0. The van der Waals surface area contributed by atoms with Gasteiger partial charge >= 0.3 is 0 Å². The molecule has 0 aromatic heterocycles. The van der Waals surface area contributed by atoms with Gasteiger partial charge in [-0.3, -0.25) is 0 Å². The van der Waals surface area contributed by atoms with Crippen molar-refractivity contribution in [3.8, 4) is 0 Å². The van der Waals surface area contributed by atoms with Gasteiger partial charge in [0, 0.05) is 12.6 Å². The third kappa shape index (κ3) is 6.27. The quantitative estimate of drug-likeness (QED) is 0.537. The highest BCUT2D eigenvalue weighted by atomic mass is 16.5. The van der Waals surface area contributed by atoms with Crippen LogP contribution < -0.4 is 5.32 Å². The van der Waals surface area contributed by atoms with Crippen LogP contribution in [0.15, 0.2) is 0 Å². The molecule has 0 amide bonds. The zero-order valence-electron chi connectivity index (χ0n) is 13.0. The molecule has 2 nitrogen and oxygen atoms in total. The smallest absolute Gasteiger partial charge is 0.0594 e. The fourth-order valence-corrected chi connectivity index (χ4v) is 3.06. The first-order valence-electron chi connectivity index (χ1n) is 8.66. The molecular weight excluding hydrogens is 234 g/mol. The molecule has 2 aliphatic carbocycles. The van der Waals surface area contributed by atoms with Crippen molar-refractivity contribution in [1.29, 1.82) is 0 Å². The predicted octanol–water partition coefficient (Wildman–Crippen LogP) is 4.14. The second-order valence-electron chi connectivity index (χ2n) is 6.69. The molecule has 0 aliphatic heterocycles. The van der Waals surface area contributed by atoms with E-state index in [-0.39, 0.29) is 0 Å². The van der Waals surface area contributed by atoms with E-state index in [0.29, 0.717) is 6.10 Å². The molecule has 0 aromatic carbocycles. The maximum atomic E-state index is 5.91. The average Bonchev–Trinajstić information content (AvgIpc) is 3.27. The Bertz CT molecular complexity index is 223. The van der Waals surface area contributed by atoms with Crippen molar-refractivity contribution in [3.63, 3.8) is 0 Å². The van der Waals surface area contributed by atoms with Gasteiger partial charge in [0.15, 0.2) is 0 Å². The van der Waals surface area contributed by atoms with Gasteiger partial charge in [-0.2, -0.15) is 0 Å². The van der Waals surface area contributed by atoms with E-state index in [2.05, 4.69) is 19.2 Å². The summed E-state index contributed by atoms with van der Waals surface area (Å²) in [6.45, 7) is 6.44. The van der Waals surface area contributed by atoms with Crippen LogP contribution in [0, 0.1) is 11.8 Å². The van der Waals surface area contributed by atoms with E-state index >= 15 is 0 Å². The molecule has 2 rings (SSSR count). The molecule has 1 unspecified atom stereocenters. The molecular formula is C17H33NO. The lowest BCUT2D eigenvalue weighted by Crippen LogP contribution is -2.36.